The number of likely N-dealkylation sites (tertiary alicyclic amines) is 1. The molecule has 0 aliphatic carbocycles. The van der Waals surface area contributed by atoms with Crippen molar-refractivity contribution in [2.45, 2.75) is 32.2 Å². The first-order chi connectivity index (χ1) is 17.5. The molecule has 0 bridgehead atoms. The van der Waals surface area contributed by atoms with Gasteiger partial charge in [-0.25, -0.2) is 0 Å². The Morgan fingerprint density at radius 1 is 1.00 bits per heavy atom. The summed E-state index contributed by atoms with van der Waals surface area (Å²) in [7, 11) is 0. The lowest BCUT2D eigenvalue weighted by Gasteiger charge is -2.22. The first-order valence-electron chi connectivity index (χ1n) is 12.1. The van der Waals surface area contributed by atoms with Crippen molar-refractivity contribution in [3.05, 3.63) is 76.3 Å². The maximum absolute atomic E-state index is 13.1. The number of para-hydroxylation sites is 1. The molecule has 2 aliphatic heterocycles. The molecule has 2 aliphatic rings. The topological polar surface area (TPSA) is 86.4 Å². The molecule has 8 heteroatoms. The van der Waals surface area contributed by atoms with E-state index in [4.69, 9.17) is 0 Å². The van der Waals surface area contributed by atoms with Gasteiger partial charge in [0.1, 0.15) is 6.54 Å². The zero-order valence-electron chi connectivity index (χ0n) is 19.9. The Labute approximate surface area is 214 Å². The first kappa shape index (κ1) is 23.9. The van der Waals surface area contributed by atoms with Crippen LogP contribution in [0.25, 0.3) is 17.0 Å². The molecule has 3 heterocycles. The lowest BCUT2D eigenvalue weighted by Crippen LogP contribution is -2.42. The van der Waals surface area contributed by atoms with Crippen LogP contribution in [0.2, 0.25) is 0 Å². The molecular weight excluding hydrogens is 472 g/mol. The average molecular weight is 499 g/mol. The molecule has 36 heavy (non-hydrogen) atoms. The van der Waals surface area contributed by atoms with Gasteiger partial charge in [0.05, 0.1) is 16.5 Å². The molecule has 0 N–H and O–H groups in total. The number of carbonyl (C=O) groups is 3. The van der Waals surface area contributed by atoms with E-state index in [1.165, 1.54) is 0 Å². The van der Waals surface area contributed by atoms with E-state index in [0.717, 1.165) is 64.4 Å². The molecule has 3 amide bonds. The molecule has 0 atom stereocenters. The number of hydrogen-bond donors (Lipinski definition) is 0. The summed E-state index contributed by atoms with van der Waals surface area (Å²) in [5, 5.41) is 10.00. The molecule has 1 aromatic heterocycles. The molecule has 5 rings (SSSR count). The fourth-order valence-electron chi connectivity index (χ4n) is 4.80. The van der Waals surface area contributed by atoms with Crippen LogP contribution in [0, 0.1) is 11.3 Å². The normalized spacial score (nSPS) is 17.6. The van der Waals surface area contributed by atoms with Crippen LogP contribution < -0.4 is 0 Å². The smallest absolute Gasteiger partial charge is 0.294 e. The summed E-state index contributed by atoms with van der Waals surface area (Å²) in [4.78, 5) is 41.7. The lowest BCUT2D eigenvalue weighted by atomic mass is 10.1. The summed E-state index contributed by atoms with van der Waals surface area (Å²) in [5.74, 6) is -0.604. The first-order valence-corrected chi connectivity index (χ1v) is 13.0. The van der Waals surface area contributed by atoms with Gasteiger partial charge >= 0.3 is 0 Å². The summed E-state index contributed by atoms with van der Waals surface area (Å²) in [6.45, 7) is 1.65. The maximum atomic E-state index is 13.1. The molecule has 7 nitrogen and oxygen atoms in total. The quantitative estimate of drug-likeness (QED) is 0.462. The second-order valence-corrected chi connectivity index (χ2v) is 10.1. The minimum absolute atomic E-state index is 0.173. The van der Waals surface area contributed by atoms with Crippen LogP contribution in [-0.2, 0) is 16.1 Å². The minimum Gasteiger partial charge on any atom is -0.342 e. The zero-order valence-corrected chi connectivity index (χ0v) is 20.7. The van der Waals surface area contributed by atoms with Gasteiger partial charge in [-0.05, 0) is 48.4 Å². The molecule has 2 aromatic carbocycles. The molecule has 2 saturated heterocycles. The van der Waals surface area contributed by atoms with E-state index in [-0.39, 0.29) is 12.5 Å². The van der Waals surface area contributed by atoms with E-state index in [0.29, 0.717) is 30.1 Å². The van der Waals surface area contributed by atoms with Gasteiger partial charge in [-0.2, -0.15) is 5.26 Å². The molecule has 0 spiro atoms. The third-order valence-corrected chi connectivity index (χ3v) is 7.62. The second kappa shape index (κ2) is 10.4. The third-order valence-electron chi connectivity index (χ3n) is 6.71. The molecule has 182 valence electrons. The van der Waals surface area contributed by atoms with Crippen LogP contribution >= 0.6 is 11.8 Å². The van der Waals surface area contributed by atoms with Gasteiger partial charge in [-0.15, -0.1) is 0 Å². The zero-order chi connectivity index (χ0) is 25.1. The number of benzene rings is 2. The minimum atomic E-state index is -0.431. The number of amides is 3. The highest BCUT2D eigenvalue weighted by molar-refractivity contribution is 8.18. The van der Waals surface area contributed by atoms with Crippen LogP contribution in [-0.4, -0.2) is 51.1 Å². The Kier molecular flexibility index (Phi) is 6.92. The van der Waals surface area contributed by atoms with Crippen molar-refractivity contribution in [2.75, 3.05) is 19.6 Å². The van der Waals surface area contributed by atoms with Crippen LogP contribution in [0.3, 0.4) is 0 Å². The number of nitrogens with zero attached hydrogens (tertiary/aromatic N) is 4. The number of nitriles is 1. The SMILES string of the molecule is N#Cc1ccccc1Cn1cc(C=C2SC(=O)N(CC(=O)N3CCCCCC3)C2=O)c2ccccc21. The van der Waals surface area contributed by atoms with E-state index in [1.54, 1.807) is 17.0 Å². The number of fused-ring (bicyclic) bond motifs is 1. The van der Waals surface area contributed by atoms with Gasteiger partial charge in [-0.1, -0.05) is 49.2 Å². The Hall–Kier alpha value is -3.83. The third kappa shape index (κ3) is 4.79. The van der Waals surface area contributed by atoms with E-state index in [2.05, 4.69) is 6.07 Å². The van der Waals surface area contributed by atoms with Crippen molar-refractivity contribution in [3.63, 3.8) is 0 Å². The predicted octanol–water partition coefficient (Wildman–Crippen LogP) is 5.00. The largest absolute Gasteiger partial charge is 0.342 e. The summed E-state index contributed by atoms with van der Waals surface area (Å²) in [6.07, 6.45) is 7.78. The van der Waals surface area contributed by atoms with E-state index < -0.39 is 11.1 Å². The summed E-state index contributed by atoms with van der Waals surface area (Å²) >= 11 is 0.873. The fraction of sp³-hybridized carbons (Fsp3) is 0.286. The van der Waals surface area contributed by atoms with Crippen molar-refractivity contribution in [2.24, 2.45) is 0 Å². The van der Waals surface area contributed by atoms with Crippen molar-refractivity contribution in [3.8, 4) is 6.07 Å². The standard InChI is InChI=1S/C28H26N4O3S/c29-16-20-9-3-4-10-21(20)17-31-18-22(23-11-5-6-12-24(23)31)15-25-27(34)32(28(35)36-25)19-26(33)30-13-7-1-2-8-14-30/h3-6,9-12,15,18H,1-2,7-8,13-14,17,19H2. The number of aromatic nitrogens is 1. The van der Waals surface area contributed by atoms with Gasteiger partial charge in [-0.3, -0.25) is 19.3 Å². The Morgan fingerprint density at radius 3 is 2.50 bits per heavy atom. The summed E-state index contributed by atoms with van der Waals surface area (Å²) in [5.41, 5.74) is 3.29. The average Bonchev–Trinajstić information content (AvgIpc) is 3.20. The van der Waals surface area contributed by atoms with Gasteiger partial charge in [0.15, 0.2) is 0 Å². The van der Waals surface area contributed by atoms with Crippen LogP contribution in [0.5, 0.6) is 0 Å². The van der Waals surface area contributed by atoms with Crippen LogP contribution in [0.1, 0.15) is 42.4 Å². The highest BCUT2D eigenvalue weighted by atomic mass is 32.2. The van der Waals surface area contributed by atoms with Gasteiger partial charge in [0.2, 0.25) is 5.91 Å². The lowest BCUT2D eigenvalue weighted by molar-refractivity contribution is -0.135. The number of thioether (sulfide) groups is 1. The molecule has 0 saturated carbocycles. The van der Waals surface area contributed by atoms with Crippen LogP contribution in [0.4, 0.5) is 4.79 Å². The van der Waals surface area contributed by atoms with Crippen molar-refractivity contribution in [1.29, 1.82) is 5.26 Å². The Bertz CT molecular complexity index is 1410. The maximum Gasteiger partial charge on any atom is 0.294 e. The van der Waals surface area contributed by atoms with Gasteiger partial charge in [0.25, 0.3) is 11.1 Å². The van der Waals surface area contributed by atoms with Crippen molar-refractivity contribution in [1.82, 2.24) is 14.4 Å². The number of rotatable bonds is 5. The Morgan fingerprint density at radius 2 is 1.72 bits per heavy atom. The number of hydrogen-bond acceptors (Lipinski definition) is 5. The second-order valence-electron chi connectivity index (χ2n) is 9.06. The highest BCUT2D eigenvalue weighted by Crippen LogP contribution is 2.34. The predicted molar refractivity (Wildman–Crippen MR) is 140 cm³/mol. The molecule has 0 unspecified atom stereocenters. The molecule has 0 radical (unpaired) electrons. The monoisotopic (exact) mass is 498 g/mol. The van der Waals surface area contributed by atoms with E-state index >= 15 is 0 Å². The molecule has 2 fully saturated rings. The fourth-order valence-corrected chi connectivity index (χ4v) is 5.63. The van der Waals surface area contributed by atoms with E-state index in [9.17, 15) is 19.6 Å². The summed E-state index contributed by atoms with van der Waals surface area (Å²) in [6, 6.07) is 17.6. The molecule has 3 aromatic rings. The van der Waals surface area contributed by atoms with Gasteiger partial charge in [0, 0.05) is 42.3 Å². The number of imide groups is 1. The van der Waals surface area contributed by atoms with Crippen molar-refractivity contribution >= 4 is 45.8 Å². The number of carbonyl (C=O) groups excluding carboxylic acids is 3. The highest BCUT2D eigenvalue weighted by Gasteiger charge is 2.37. The summed E-state index contributed by atoms with van der Waals surface area (Å²) < 4.78 is 2.05. The van der Waals surface area contributed by atoms with Crippen molar-refractivity contribution < 1.29 is 14.4 Å². The Balaban J connectivity index is 1.40. The van der Waals surface area contributed by atoms with Gasteiger partial charge < -0.3 is 9.47 Å². The van der Waals surface area contributed by atoms with E-state index in [1.807, 2.05) is 53.2 Å². The molecular formula is C28H26N4O3S. The van der Waals surface area contributed by atoms with Crippen LogP contribution in [0.15, 0.2) is 59.6 Å².